The molecule has 0 N–H and O–H groups in total. The third-order valence-electron chi connectivity index (χ3n) is 0.665. The monoisotopic (exact) mass is 143 g/mol. The molecule has 0 saturated carbocycles. The third kappa shape index (κ3) is 3.05. The summed E-state index contributed by atoms with van der Waals surface area (Å²) in [5.41, 5.74) is 0.704. The van der Waals surface area contributed by atoms with Crippen LogP contribution in [0.4, 0.5) is 0 Å². The van der Waals surface area contributed by atoms with E-state index >= 15 is 0 Å². The van der Waals surface area contributed by atoms with Crippen LogP contribution in [0.15, 0.2) is 11.8 Å². The van der Waals surface area contributed by atoms with E-state index in [9.17, 15) is 4.79 Å². The number of esters is 1. The Labute approximate surface area is 57.2 Å². The molecule has 1 heterocycles. The summed E-state index contributed by atoms with van der Waals surface area (Å²) in [7, 11) is 4.22. The molecule has 0 spiro atoms. The molecule has 49 valence electrons. The van der Waals surface area contributed by atoms with Gasteiger partial charge in [0.15, 0.2) is 0 Å². The first-order chi connectivity index (χ1) is 4.22. The maximum Gasteiger partial charge on any atom is 0.341 e. The lowest BCUT2D eigenvalue weighted by molar-refractivity contribution is -0.138. The number of rotatable bonds is 0. The average Bonchev–Trinajstić information content (AvgIpc) is 1.86. The van der Waals surface area contributed by atoms with Crippen molar-refractivity contribution in [3.63, 3.8) is 0 Å². The van der Waals surface area contributed by atoms with Crippen molar-refractivity contribution >= 4 is 16.5 Å². The van der Waals surface area contributed by atoms with Crippen LogP contribution in [-0.4, -0.2) is 23.6 Å². The minimum Gasteiger partial charge on any atom is -0.430 e. The highest BCUT2D eigenvalue weighted by atomic mass is 28.2. The zero-order valence-corrected chi connectivity index (χ0v) is 6.30. The van der Waals surface area contributed by atoms with Gasteiger partial charge in [0.25, 0.3) is 0 Å². The standard InChI is InChI=1S/C4H4O2.CH3OSi/c1-3-2-6-4(3)5;1-2-3/h2H,1H3;1H3. The van der Waals surface area contributed by atoms with Gasteiger partial charge in [-0.1, -0.05) is 0 Å². The van der Waals surface area contributed by atoms with Gasteiger partial charge in [0.05, 0.1) is 5.57 Å². The van der Waals surface area contributed by atoms with Gasteiger partial charge in [-0.05, 0) is 6.92 Å². The zero-order chi connectivity index (χ0) is 7.28. The van der Waals surface area contributed by atoms with E-state index < -0.39 is 0 Å². The van der Waals surface area contributed by atoms with E-state index in [1.807, 2.05) is 0 Å². The smallest absolute Gasteiger partial charge is 0.341 e. The van der Waals surface area contributed by atoms with Gasteiger partial charge >= 0.3 is 5.97 Å². The van der Waals surface area contributed by atoms with Crippen molar-refractivity contribution in [2.24, 2.45) is 0 Å². The highest BCUT2D eigenvalue weighted by molar-refractivity contribution is 5.97. The fourth-order valence-corrected chi connectivity index (χ4v) is 0.225. The van der Waals surface area contributed by atoms with E-state index in [-0.39, 0.29) is 5.97 Å². The van der Waals surface area contributed by atoms with Crippen LogP contribution in [0.5, 0.6) is 0 Å². The lowest BCUT2D eigenvalue weighted by Gasteiger charge is -2.05. The third-order valence-corrected chi connectivity index (χ3v) is 0.665. The Bertz CT molecular complexity index is 130. The molecule has 1 aliphatic rings. The van der Waals surface area contributed by atoms with Gasteiger partial charge in [-0.2, -0.15) is 0 Å². The summed E-state index contributed by atoms with van der Waals surface area (Å²) in [5.74, 6) is -0.199. The molecular weight excluding hydrogens is 136 g/mol. The molecule has 0 aliphatic carbocycles. The minimum atomic E-state index is -0.199. The highest BCUT2D eigenvalue weighted by Gasteiger charge is 2.12. The number of hydrogen-bond acceptors (Lipinski definition) is 3. The highest BCUT2D eigenvalue weighted by Crippen LogP contribution is 2.06. The SMILES string of the molecule is CC1=COC1=O.CO[Si]. The van der Waals surface area contributed by atoms with Crippen LogP contribution in [0.25, 0.3) is 0 Å². The Morgan fingerprint density at radius 2 is 2.11 bits per heavy atom. The minimum absolute atomic E-state index is 0.199. The van der Waals surface area contributed by atoms with Gasteiger partial charge in [0.2, 0.25) is 10.5 Å². The quantitative estimate of drug-likeness (QED) is 0.358. The summed E-state index contributed by atoms with van der Waals surface area (Å²) >= 11 is 0. The predicted octanol–water partition coefficient (Wildman–Crippen LogP) is 0.163. The Hall–Kier alpha value is -0.613. The largest absolute Gasteiger partial charge is 0.430 e. The lowest BCUT2D eigenvalue weighted by atomic mass is 10.3. The summed E-state index contributed by atoms with van der Waals surface area (Å²) in [5, 5.41) is 0. The molecular formula is C5H7O3Si. The number of carbonyl (C=O) groups is 1. The van der Waals surface area contributed by atoms with Gasteiger partial charge in [-0.3, -0.25) is 0 Å². The van der Waals surface area contributed by atoms with Crippen molar-refractivity contribution in [2.45, 2.75) is 6.92 Å². The fourth-order valence-electron chi connectivity index (χ4n) is 0.225. The number of hydrogen-bond donors (Lipinski definition) is 0. The molecule has 0 aromatic rings. The van der Waals surface area contributed by atoms with Crippen LogP contribution >= 0.6 is 0 Å². The summed E-state index contributed by atoms with van der Waals surface area (Å²) in [6.07, 6.45) is 1.43. The summed E-state index contributed by atoms with van der Waals surface area (Å²) in [4.78, 5) is 9.94. The van der Waals surface area contributed by atoms with Crippen molar-refractivity contribution in [1.82, 2.24) is 0 Å². The van der Waals surface area contributed by atoms with Gasteiger partial charge < -0.3 is 9.16 Å². The van der Waals surface area contributed by atoms with Crippen LogP contribution in [0.1, 0.15) is 6.92 Å². The normalized spacial score (nSPS) is 14.1. The fraction of sp³-hybridized carbons (Fsp3) is 0.400. The molecule has 0 unspecified atom stereocenters. The topological polar surface area (TPSA) is 35.5 Å². The molecule has 9 heavy (non-hydrogen) atoms. The molecule has 0 atom stereocenters. The number of carbonyl (C=O) groups excluding carboxylic acids is 1. The maximum absolute atomic E-state index is 9.94. The Morgan fingerprint density at radius 3 is 2.11 bits per heavy atom. The van der Waals surface area contributed by atoms with Crippen molar-refractivity contribution in [3.8, 4) is 0 Å². The zero-order valence-electron chi connectivity index (χ0n) is 5.30. The Balaban J connectivity index is 0.000000187. The van der Waals surface area contributed by atoms with Crippen molar-refractivity contribution in [2.75, 3.05) is 7.11 Å². The molecule has 0 fully saturated rings. The van der Waals surface area contributed by atoms with Crippen LogP contribution in [0.2, 0.25) is 0 Å². The van der Waals surface area contributed by atoms with Crippen molar-refractivity contribution in [1.29, 1.82) is 0 Å². The molecule has 0 amide bonds. The molecule has 3 nitrogen and oxygen atoms in total. The molecule has 1 aliphatic heterocycles. The van der Waals surface area contributed by atoms with Crippen molar-refractivity contribution < 1.29 is 14.0 Å². The van der Waals surface area contributed by atoms with Gasteiger partial charge in [0, 0.05) is 7.11 Å². The average molecular weight is 143 g/mol. The summed E-state index contributed by atoms with van der Waals surface area (Å²) in [6, 6.07) is 0. The van der Waals surface area contributed by atoms with Crippen LogP contribution < -0.4 is 0 Å². The summed E-state index contributed by atoms with van der Waals surface area (Å²) in [6.45, 7) is 1.71. The van der Waals surface area contributed by atoms with Crippen LogP contribution in [0, 0.1) is 0 Å². The van der Waals surface area contributed by atoms with E-state index in [4.69, 9.17) is 0 Å². The molecule has 0 aromatic carbocycles. The lowest BCUT2D eigenvalue weighted by Crippen LogP contribution is -2.10. The first-order valence-corrected chi connectivity index (χ1v) is 2.70. The molecule has 1 rings (SSSR count). The van der Waals surface area contributed by atoms with E-state index in [2.05, 4.69) is 19.6 Å². The van der Waals surface area contributed by atoms with E-state index in [0.717, 1.165) is 0 Å². The molecule has 3 radical (unpaired) electrons. The van der Waals surface area contributed by atoms with Gasteiger partial charge in [0.1, 0.15) is 6.26 Å². The predicted molar refractivity (Wildman–Crippen MR) is 32.6 cm³/mol. The van der Waals surface area contributed by atoms with E-state index in [1.54, 1.807) is 6.92 Å². The summed E-state index contributed by atoms with van der Waals surface area (Å²) < 4.78 is 8.30. The van der Waals surface area contributed by atoms with E-state index in [0.29, 0.717) is 5.57 Å². The van der Waals surface area contributed by atoms with Crippen molar-refractivity contribution in [3.05, 3.63) is 11.8 Å². The van der Waals surface area contributed by atoms with Crippen LogP contribution in [-0.2, 0) is 14.0 Å². The number of cyclic esters (lactones) is 1. The Morgan fingerprint density at radius 1 is 1.78 bits per heavy atom. The van der Waals surface area contributed by atoms with E-state index in [1.165, 1.54) is 13.4 Å². The first-order valence-electron chi connectivity index (χ1n) is 2.29. The first kappa shape index (κ1) is 8.39. The van der Waals surface area contributed by atoms with Crippen LogP contribution in [0.3, 0.4) is 0 Å². The Kier molecular flexibility index (Phi) is 3.99. The van der Waals surface area contributed by atoms with Gasteiger partial charge in [-0.25, -0.2) is 4.79 Å². The molecule has 0 bridgehead atoms. The second kappa shape index (κ2) is 4.28. The maximum atomic E-state index is 9.94. The number of ether oxygens (including phenoxy) is 1. The second-order valence-corrected chi connectivity index (χ2v) is 1.82. The second-order valence-electron chi connectivity index (χ2n) is 1.41. The molecule has 0 aromatic heterocycles. The molecule has 4 heteroatoms. The molecule has 0 saturated heterocycles. The van der Waals surface area contributed by atoms with Gasteiger partial charge in [-0.15, -0.1) is 0 Å².